The molecule has 0 saturated heterocycles. The number of anilines is 1. The molecule has 0 aliphatic heterocycles. The number of aryl methyl sites for hydroxylation is 1. The number of primary sulfonamides is 1. The van der Waals surface area contributed by atoms with E-state index < -0.39 is 10.0 Å². The van der Waals surface area contributed by atoms with Gasteiger partial charge in [-0.3, -0.25) is 4.68 Å². The van der Waals surface area contributed by atoms with Gasteiger partial charge < -0.3 is 10.5 Å². The van der Waals surface area contributed by atoms with Gasteiger partial charge in [0.2, 0.25) is 5.88 Å². The fraction of sp³-hybridized carbons (Fsp3) is 0.364. The van der Waals surface area contributed by atoms with Crippen LogP contribution in [0.2, 0.25) is 0 Å². The van der Waals surface area contributed by atoms with Gasteiger partial charge in [0.25, 0.3) is 10.0 Å². The van der Waals surface area contributed by atoms with Crippen LogP contribution in [-0.2, 0) is 16.6 Å². The zero-order chi connectivity index (χ0) is 23.3. The van der Waals surface area contributed by atoms with Crippen molar-refractivity contribution in [1.82, 2.24) is 14.8 Å². The van der Waals surface area contributed by atoms with Gasteiger partial charge in [-0.2, -0.15) is 5.10 Å². The second-order valence-electron chi connectivity index (χ2n) is 7.86. The fourth-order valence-electron chi connectivity index (χ4n) is 3.36. The standard InChI is InChI=1S/C22H28FN5O3S/c1-15(2)18-13-17(23)14-19(22(18)24)16-6-8-26-20(12-16)31-11-5-3-4-9-28-10-7-21(27-28)32(25,29)30/h6-8,10,12-15H,3-5,9,11,24H2,1-2H3,(H2,25,29,30). The summed E-state index contributed by atoms with van der Waals surface area (Å²) in [5.41, 5.74) is 8.99. The number of nitrogen functional groups attached to an aromatic ring is 1. The number of pyridine rings is 1. The maximum Gasteiger partial charge on any atom is 0.257 e. The van der Waals surface area contributed by atoms with Crippen molar-refractivity contribution in [3.8, 4) is 17.0 Å². The molecule has 8 nitrogen and oxygen atoms in total. The zero-order valence-corrected chi connectivity index (χ0v) is 19.0. The van der Waals surface area contributed by atoms with E-state index in [-0.39, 0.29) is 16.8 Å². The highest BCUT2D eigenvalue weighted by molar-refractivity contribution is 7.89. The smallest absolute Gasteiger partial charge is 0.257 e. The molecule has 0 aliphatic rings. The molecule has 0 amide bonds. The maximum absolute atomic E-state index is 14.1. The topological polar surface area (TPSA) is 126 Å². The molecule has 0 spiro atoms. The van der Waals surface area contributed by atoms with Crippen LogP contribution < -0.4 is 15.6 Å². The summed E-state index contributed by atoms with van der Waals surface area (Å²) >= 11 is 0. The van der Waals surface area contributed by atoms with Crippen molar-refractivity contribution in [2.75, 3.05) is 12.3 Å². The second-order valence-corrected chi connectivity index (χ2v) is 9.37. The van der Waals surface area contributed by atoms with Crippen molar-refractivity contribution in [1.29, 1.82) is 0 Å². The lowest BCUT2D eigenvalue weighted by molar-refractivity contribution is 0.292. The normalized spacial score (nSPS) is 11.8. The van der Waals surface area contributed by atoms with E-state index in [1.165, 1.54) is 18.2 Å². The summed E-state index contributed by atoms with van der Waals surface area (Å²) < 4.78 is 43.9. The minimum Gasteiger partial charge on any atom is -0.478 e. The van der Waals surface area contributed by atoms with Crippen LogP contribution in [0.15, 0.2) is 47.8 Å². The van der Waals surface area contributed by atoms with Crippen molar-refractivity contribution in [2.24, 2.45) is 5.14 Å². The number of hydrogen-bond donors (Lipinski definition) is 2. The van der Waals surface area contributed by atoms with E-state index in [2.05, 4.69) is 10.1 Å². The molecule has 2 heterocycles. The van der Waals surface area contributed by atoms with E-state index in [0.29, 0.717) is 30.3 Å². The van der Waals surface area contributed by atoms with Gasteiger partial charge in [0, 0.05) is 36.3 Å². The highest BCUT2D eigenvalue weighted by atomic mass is 32.2. The third-order valence-electron chi connectivity index (χ3n) is 5.03. The van der Waals surface area contributed by atoms with Crippen molar-refractivity contribution >= 4 is 15.7 Å². The van der Waals surface area contributed by atoms with E-state index in [0.717, 1.165) is 30.4 Å². The van der Waals surface area contributed by atoms with Gasteiger partial charge in [0.1, 0.15) is 5.82 Å². The summed E-state index contributed by atoms with van der Waals surface area (Å²) in [7, 11) is -3.78. The zero-order valence-electron chi connectivity index (χ0n) is 18.2. The first-order valence-corrected chi connectivity index (χ1v) is 11.9. The first-order chi connectivity index (χ1) is 15.1. The number of nitrogens with two attached hydrogens (primary N) is 2. The Balaban J connectivity index is 1.52. The first-order valence-electron chi connectivity index (χ1n) is 10.4. The molecule has 0 radical (unpaired) electrons. The Labute approximate surface area is 187 Å². The van der Waals surface area contributed by atoms with Crippen molar-refractivity contribution in [3.05, 3.63) is 54.1 Å². The molecule has 3 aromatic rings. The number of rotatable bonds is 10. The van der Waals surface area contributed by atoms with Gasteiger partial charge in [0.05, 0.1) is 6.61 Å². The predicted molar refractivity (Wildman–Crippen MR) is 121 cm³/mol. The fourth-order valence-corrected chi connectivity index (χ4v) is 3.83. The Hall–Kier alpha value is -2.98. The van der Waals surface area contributed by atoms with Gasteiger partial charge in [-0.1, -0.05) is 13.8 Å². The molecule has 0 aliphatic carbocycles. The molecule has 0 bridgehead atoms. The lowest BCUT2D eigenvalue weighted by Gasteiger charge is -2.15. The summed E-state index contributed by atoms with van der Waals surface area (Å²) in [6.45, 7) is 5.00. The van der Waals surface area contributed by atoms with Crippen LogP contribution in [0, 0.1) is 5.82 Å². The molecular weight excluding hydrogens is 433 g/mol. The quantitative estimate of drug-likeness (QED) is 0.350. The van der Waals surface area contributed by atoms with E-state index in [1.54, 1.807) is 29.2 Å². The van der Waals surface area contributed by atoms with E-state index in [9.17, 15) is 12.8 Å². The second kappa shape index (κ2) is 10.1. The molecule has 32 heavy (non-hydrogen) atoms. The number of nitrogens with zero attached hydrogens (tertiary/aromatic N) is 3. The lowest BCUT2D eigenvalue weighted by atomic mass is 9.95. The van der Waals surface area contributed by atoms with Gasteiger partial charge in [-0.25, -0.2) is 22.9 Å². The van der Waals surface area contributed by atoms with Crippen molar-refractivity contribution in [2.45, 2.75) is 50.6 Å². The monoisotopic (exact) mass is 461 g/mol. The molecule has 172 valence electrons. The summed E-state index contributed by atoms with van der Waals surface area (Å²) in [4.78, 5) is 4.23. The van der Waals surface area contributed by atoms with Crippen molar-refractivity contribution in [3.63, 3.8) is 0 Å². The molecule has 0 unspecified atom stereocenters. The summed E-state index contributed by atoms with van der Waals surface area (Å²) in [5, 5.41) is 8.86. The number of hydrogen-bond acceptors (Lipinski definition) is 6. The summed E-state index contributed by atoms with van der Waals surface area (Å²) in [6, 6.07) is 7.82. The van der Waals surface area contributed by atoms with E-state index in [1.807, 2.05) is 13.8 Å². The molecule has 4 N–H and O–H groups in total. The highest BCUT2D eigenvalue weighted by Crippen LogP contribution is 2.34. The highest BCUT2D eigenvalue weighted by Gasteiger charge is 2.14. The molecular formula is C22H28FN5O3S. The average molecular weight is 462 g/mol. The predicted octanol–water partition coefficient (Wildman–Crippen LogP) is 3.69. The minimum absolute atomic E-state index is 0.107. The Morgan fingerprint density at radius 1 is 1.16 bits per heavy atom. The van der Waals surface area contributed by atoms with E-state index in [4.69, 9.17) is 15.6 Å². The number of ether oxygens (including phenoxy) is 1. The number of sulfonamides is 1. The lowest BCUT2D eigenvalue weighted by Crippen LogP contribution is -2.13. The molecule has 0 saturated carbocycles. The molecule has 1 aromatic carbocycles. The summed E-state index contributed by atoms with van der Waals surface area (Å²) in [6.07, 6.45) is 5.66. The molecule has 10 heteroatoms. The van der Waals surface area contributed by atoms with Crippen molar-refractivity contribution < 1.29 is 17.5 Å². The molecule has 0 atom stereocenters. The van der Waals surface area contributed by atoms with Gasteiger partial charge in [0.15, 0.2) is 5.03 Å². The van der Waals surface area contributed by atoms with Gasteiger partial charge in [-0.15, -0.1) is 0 Å². The number of halogens is 1. The summed E-state index contributed by atoms with van der Waals surface area (Å²) in [5.74, 6) is 0.225. The van der Waals surface area contributed by atoms with E-state index >= 15 is 0 Å². The number of aromatic nitrogens is 3. The minimum atomic E-state index is -3.78. The number of unbranched alkanes of at least 4 members (excludes halogenated alkanes) is 2. The Morgan fingerprint density at radius 3 is 2.62 bits per heavy atom. The van der Waals surface area contributed by atoms with Crippen LogP contribution in [0.3, 0.4) is 0 Å². The maximum atomic E-state index is 14.1. The molecule has 2 aromatic heterocycles. The van der Waals surface area contributed by atoms with Crippen LogP contribution >= 0.6 is 0 Å². The first kappa shape index (κ1) is 23.7. The largest absolute Gasteiger partial charge is 0.478 e. The van der Waals surface area contributed by atoms with Gasteiger partial charge in [-0.05, 0) is 60.6 Å². The third-order valence-corrected chi connectivity index (χ3v) is 5.83. The SMILES string of the molecule is CC(C)c1cc(F)cc(-c2ccnc(OCCCCCn3ccc(S(N)(=O)=O)n3)c2)c1N. The molecule has 3 rings (SSSR count). The molecule has 0 fully saturated rings. The Morgan fingerprint density at radius 2 is 1.94 bits per heavy atom. The average Bonchev–Trinajstić information content (AvgIpc) is 3.21. The third kappa shape index (κ3) is 6.04. The number of benzene rings is 1. The van der Waals surface area contributed by atoms with Gasteiger partial charge >= 0.3 is 0 Å². The van der Waals surface area contributed by atoms with Crippen LogP contribution in [0.5, 0.6) is 5.88 Å². The Kier molecular flexibility index (Phi) is 7.47. The van der Waals surface area contributed by atoms with Crippen LogP contribution in [0.25, 0.3) is 11.1 Å². The Bertz CT molecular complexity index is 1180. The van der Waals surface area contributed by atoms with Crippen LogP contribution in [0.4, 0.5) is 10.1 Å². The van der Waals surface area contributed by atoms with Crippen LogP contribution in [-0.4, -0.2) is 29.8 Å². The van der Waals surface area contributed by atoms with Crippen LogP contribution in [0.1, 0.15) is 44.6 Å².